The van der Waals surface area contributed by atoms with Crippen molar-refractivity contribution in [3.05, 3.63) is 21.2 Å². The highest BCUT2D eigenvalue weighted by Crippen LogP contribution is 2.26. The van der Waals surface area contributed by atoms with Crippen molar-refractivity contribution in [2.75, 3.05) is 18.5 Å². The van der Waals surface area contributed by atoms with Crippen LogP contribution in [-0.4, -0.2) is 18.6 Å². The average Bonchev–Trinajstić information content (AvgIpc) is 2.01. The molecule has 0 fully saturated rings. The molecule has 0 aromatic carbocycles. The van der Waals surface area contributed by atoms with E-state index in [2.05, 4.69) is 62.6 Å². The predicted octanol–water partition coefficient (Wildman–Crippen LogP) is 3.70. The fraction of sp³-hybridized carbons (Fsp3) is 0.500. The van der Waals surface area contributed by atoms with Crippen LogP contribution in [0.25, 0.3) is 0 Å². The molecule has 0 aliphatic carbocycles. The lowest BCUT2D eigenvalue weighted by Crippen LogP contribution is -2.23. The van der Waals surface area contributed by atoms with E-state index in [1.807, 2.05) is 12.3 Å². The van der Waals surface area contributed by atoms with Gasteiger partial charge in [-0.3, -0.25) is 0 Å². The van der Waals surface area contributed by atoms with E-state index in [-0.39, 0.29) is 0 Å². The van der Waals surface area contributed by atoms with Crippen LogP contribution in [-0.2, 0) is 0 Å². The Morgan fingerprint density at radius 2 is 2.07 bits per heavy atom. The van der Waals surface area contributed by atoms with Gasteiger partial charge >= 0.3 is 0 Å². The summed E-state index contributed by atoms with van der Waals surface area (Å²) in [6, 6.07) is 2.01. The van der Waals surface area contributed by atoms with Gasteiger partial charge in [0.2, 0.25) is 0 Å². The molecule has 4 heteroatoms. The first-order chi connectivity index (χ1) is 6.50. The second kappa shape index (κ2) is 5.12. The minimum Gasteiger partial charge on any atom is -0.358 e. The molecule has 0 bridgehead atoms. The van der Waals surface area contributed by atoms with Gasteiger partial charge in [0.1, 0.15) is 5.82 Å². The largest absolute Gasteiger partial charge is 0.358 e. The van der Waals surface area contributed by atoms with E-state index in [9.17, 15) is 0 Å². The van der Waals surface area contributed by atoms with Crippen molar-refractivity contribution in [1.29, 1.82) is 0 Å². The van der Waals surface area contributed by atoms with Crippen molar-refractivity contribution in [3.63, 3.8) is 0 Å². The second-order valence-corrected chi connectivity index (χ2v) is 5.50. The minimum absolute atomic E-state index is 0.636. The van der Waals surface area contributed by atoms with Gasteiger partial charge in [-0.2, -0.15) is 0 Å². The van der Waals surface area contributed by atoms with Gasteiger partial charge in [0.15, 0.2) is 0 Å². The van der Waals surface area contributed by atoms with Crippen molar-refractivity contribution < 1.29 is 0 Å². The molecule has 0 amide bonds. The third-order valence-corrected chi connectivity index (χ3v) is 2.81. The van der Waals surface area contributed by atoms with Crippen LogP contribution in [0.1, 0.15) is 13.8 Å². The third-order valence-electron chi connectivity index (χ3n) is 1.79. The maximum atomic E-state index is 4.36. The lowest BCUT2D eigenvalue weighted by Gasteiger charge is -2.21. The third kappa shape index (κ3) is 3.24. The van der Waals surface area contributed by atoms with E-state index in [0.29, 0.717) is 5.92 Å². The summed E-state index contributed by atoms with van der Waals surface area (Å²) in [5.41, 5.74) is 0. The molecule has 0 atom stereocenters. The number of pyridine rings is 1. The average molecular weight is 322 g/mol. The number of hydrogen-bond acceptors (Lipinski definition) is 2. The van der Waals surface area contributed by atoms with E-state index in [1.165, 1.54) is 0 Å². The Bertz CT molecular complexity index is 313. The standard InChI is InChI=1S/C10H14Br2N2/c1-7(2)6-14(3)10-9(12)4-8(11)5-13-10/h4-5,7H,6H2,1-3H3. The van der Waals surface area contributed by atoms with Gasteiger partial charge < -0.3 is 4.90 Å². The maximum Gasteiger partial charge on any atom is 0.142 e. The Balaban J connectivity index is 2.84. The quantitative estimate of drug-likeness (QED) is 0.844. The molecule has 0 radical (unpaired) electrons. The zero-order valence-electron chi connectivity index (χ0n) is 8.59. The molecule has 2 nitrogen and oxygen atoms in total. The number of aromatic nitrogens is 1. The molecular formula is C10H14Br2N2. The van der Waals surface area contributed by atoms with Gasteiger partial charge in [-0.05, 0) is 43.8 Å². The topological polar surface area (TPSA) is 16.1 Å². The molecule has 0 unspecified atom stereocenters. The van der Waals surface area contributed by atoms with E-state index in [4.69, 9.17) is 0 Å². The van der Waals surface area contributed by atoms with Gasteiger partial charge in [-0.1, -0.05) is 13.8 Å². The molecular weight excluding hydrogens is 308 g/mol. The van der Waals surface area contributed by atoms with Gasteiger partial charge in [0, 0.05) is 24.3 Å². The molecule has 1 heterocycles. The molecule has 1 rings (SSSR count). The van der Waals surface area contributed by atoms with E-state index >= 15 is 0 Å². The second-order valence-electron chi connectivity index (χ2n) is 3.73. The number of halogens is 2. The lowest BCUT2D eigenvalue weighted by atomic mass is 10.2. The van der Waals surface area contributed by atoms with E-state index in [0.717, 1.165) is 21.3 Å². The normalized spacial score (nSPS) is 10.7. The smallest absolute Gasteiger partial charge is 0.142 e. The SMILES string of the molecule is CC(C)CN(C)c1ncc(Br)cc1Br. The van der Waals surface area contributed by atoms with Crippen LogP contribution in [0.4, 0.5) is 5.82 Å². The number of anilines is 1. The first kappa shape index (κ1) is 12.0. The summed E-state index contributed by atoms with van der Waals surface area (Å²) in [4.78, 5) is 6.52. The van der Waals surface area contributed by atoms with Crippen molar-refractivity contribution in [3.8, 4) is 0 Å². The summed E-state index contributed by atoms with van der Waals surface area (Å²) < 4.78 is 2.01. The highest BCUT2D eigenvalue weighted by Gasteiger charge is 2.08. The first-order valence-electron chi connectivity index (χ1n) is 4.53. The van der Waals surface area contributed by atoms with Crippen LogP contribution in [0.3, 0.4) is 0 Å². The Hall–Kier alpha value is -0.0900. The molecule has 0 saturated heterocycles. The van der Waals surface area contributed by atoms with E-state index in [1.54, 1.807) is 0 Å². The molecule has 0 aliphatic heterocycles. The van der Waals surface area contributed by atoms with Crippen LogP contribution in [0, 0.1) is 5.92 Å². The summed E-state index contributed by atoms with van der Waals surface area (Å²) in [6.45, 7) is 5.40. The highest BCUT2D eigenvalue weighted by atomic mass is 79.9. The maximum absolute atomic E-state index is 4.36. The van der Waals surface area contributed by atoms with Gasteiger partial charge in [-0.25, -0.2) is 4.98 Å². The van der Waals surface area contributed by atoms with Crippen LogP contribution >= 0.6 is 31.9 Å². The Kier molecular flexibility index (Phi) is 4.38. The summed E-state index contributed by atoms with van der Waals surface area (Å²) in [5.74, 6) is 1.62. The van der Waals surface area contributed by atoms with Crippen LogP contribution in [0.15, 0.2) is 21.2 Å². The summed E-state index contributed by atoms with van der Waals surface area (Å²) >= 11 is 6.89. The molecule has 1 aromatic rings. The Morgan fingerprint density at radius 1 is 1.43 bits per heavy atom. The Labute approximate surface area is 102 Å². The predicted molar refractivity (Wildman–Crippen MR) is 67.7 cm³/mol. The molecule has 0 spiro atoms. The molecule has 0 saturated carbocycles. The number of nitrogens with zero attached hydrogens (tertiary/aromatic N) is 2. The number of hydrogen-bond donors (Lipinski definition) is 0. The minimum atomic E-state index is 0.636. The van der Waals surface area contributed by atoms with Gasteiger partial charge in [0.05, 0.1) is 4.47 Å². The van der Waals surface area contributed by atoms with Crippen molar-refractivity contribution >= 4 is 37.7 Å². The van der Waals surface area contributed by atoms with E-state index < -0.39 is 0 Å². The molecule has 1 aromatic heterocycles. The zero-order chi connectivity index (χ0) is 10.7. The monoisotopic (exact) mass is 320 g/mol. The van der Waals surface area contributed by atoms with Crippen LogP contribution in [0.2, 0.25) is 0 Å². The van der Waals surface area contributed by atoms with Crippen LogP contribution < -0.4 is 4.90 Å². The van der Waals surface area contributed by atoms with Gasteiger partial charge in [-0.15, -0.1) is 0 Å². The van der Waals surface area contributed by atoms with Crippen molar-refractivity contribution in [2.24, 2.45) is 5.92 Å². The molecule has 0 aliphatic rings. The van der Waals surface area contributed by atoms with Crippen molar-refractivity contribution in [2.45, 2.75) is 13.8 Å². The summed E-state index contributed by atoms with van der Waals surface area (Å²) in [5, 5.41) is 0. The Morgan fingerprint density at radius 3 is 2.57 bits per heavy atom. The molecule has 0 N–H and O–H groups in total. The summed E-state index contributed by atoms with van der Waals surface area (Å²) in [7, 11) is 2.06. The fourth-order valence-corrected chi connectivity index (χ4v) is 2.61. The van der Waals surface area contributed by atoms with Gasteiger partial charge in [0.25, 0.3) is 0 Å². The number of rotatable bonds is 3. The van der Waals surface area contributed by atoms with Crippen molar-refractivity contribution in [1.82, 2.24) is 4.98 Å². The zero-order valence-corrected chi connectivity index (χ0v) is 11.8. The fourth-order valence-electron chi connectivity index (χ4n) is 1.32. The highest BCUT2D eigenvalue weighted by molar-refractivity contribution is 9.11. The molecule has 14 heavy (non-hydrogen) atoms. The van der Waals surface area contributed by atoms with Crippen LogP contribution in [0.5, 0.6) is 0 Å². The first-order valence-corrected chi connectivity index (χ1v) is 6.11. The molecule has 78 valence electrons. The summed E-state index contributed by atoms with van der Waals surface area (Å²) in [6.07, 6.45) is 1.82. The lowest BCUT2D eigenvalue weighted by molar-refractivity contribution is 0.634.